The van der Waals surface area contributed by atoms with Gasteiger partial charge in [-0.2, -0.15) is 0 Å². The number of rotatable bonds is 3. The number of carbonyl (C=O) groups is 1. The molecule has 0 unspecified atom stereocenters. The van der Waals surface area contributed by atoms with Crippen molar-refractivity contribution in [3.8, 4) is 17.2 Å². The van der Waals surface area contributed by atoms with E-state index < -0.39 is 0 Å². The van der Waals surface area contributed by atoms with Crippen LogP contribution in [-0.4, -0.2) is 25.7 Å². The standard InChI is InChI=1S/C19H19NO4/c21-19(15-10-13-4-1-2-6-16(13)24-12-15)20-11-14-5-3-7-17-18(14)23-9-8-22-17/h1-7,15H,8-12H2,(H,20,21)/t15-/m1/s1. The Bertz CT molecular complexity index is 759. The van der Waals surface area contributed by atoms with E-state index in [4.69, 9.17) is 14.2 Å². The molecule has 2 aliphatic rings. The molecule has 2 aromatic rings. The van der Waals surface area contributed by atoms with Crippen LogP contribution in [0.5, 0.6) is 17.2 Å². The van der Waals surface area contributed by atoms with Crippen LogP contribution in [0.2, 0.25) is 0 Å². The number of benzene rings is 2. The van der Waals surface area contributed by atoms with Crippen LogP contribution < -0.4 is 19.5 Å². The molecular formula is C19H19NO4. The summed E-state index contributed by atoms with van der Waals surface area (Å²) in [6.45, 7) is 1.92. The zero-order valence-electron chi connectivity index (χ0n) is 13.3. The SMILES string of the molecule is O=C(NCc1cccc2c1OCCO2)[C@H]1COc2ccccc2C1. The van der Waals surface area contributed by atoms with Gasteiger partial charge in [-0.1, -0.05) is 30.3 Å². The highest BCUT2D eigenvalue weighted by molar-refractivity contribution is 5.79. The number of ether oxygens (including phenoxy) is 3. The van der Waals surface area contributed by atoms with E-state index in [0.29, 0.717) is 32.8 Å². The Morgan fingerprint density at radius 1 is 1.00 bits per heavy atom. The molecule has 1 atom stereocenters. The zero-order chi connectivity index (χ0) is 16.4. The summed E-state index contributed by atoms with van der Waals surface area (Å²) in [5, 5.41) is 3.00. The van der Waals surface area contributed by atoms with Crippen LogP contribution in [0.4, 0.5) is 0 Å². The highest BCUT2D eigenvalue weighted by Crippen LogP contribution is 2.33. The molecule has 5 heteroatoms. The van der Waals surface area contributed by atoms with Gasteiger partial charge in [0.25, 0.3) is 0 Å². The van der Waals surface area contributed by atoms with Gasteiger partial charge in [0.05, 0.1) is 5.92 Å². The number of para-hydroxylation sites is 2. The zero-order valence-corrected chi connectivity index (χ0v) is 13.3. The highest BCUT2D eigenvalue weighted by atomic mass is 16.6. The minimum absolute atomic E-state index is 0.00108. The van der Waals surface area contributed by atoms with Gasteiger partial charge in [0, 0.05) is 12.1 Å². The third-order valence-corrected chi connectivity index (χ3v) is 4.35. The lowest BCUT2D eigenvalue weighted by Crippen LogP contribution is -2.37. The first-order chi connectivity index (χ1) is 11.8. The largest absolute Gasteiger partial charge is 0.492 e. The maximum absolute atomic E-state index is 12.5. The van der Waals surface area contributed by atoms with E-state index in [2.05, 4.69) is 5.32 Å². The minimum atomic E-state index is -0.170. The number of hydrogen-bond donors (Lipinski definition) is 1. The Kier molecular flexibility index (Phi) is 3.99. The summed E-state index contributed by atoms with van der Waals surface area (Å²) in [5.41, 5.74) is 2.01. The van der Waals surface area contributed by atoms with Gasteiger partial charge in [0.2, 0.25) is 5.91 Å². The van der Waals surface area contributed by atoms with E-state index in [9.17, 15) is 4.79 Å². The Hall–Kier alpha value is -2.69. The van der Waals surface area contributed by atoms with E-state index in [0.717, 1.165) is 28.4 Å². The molecule has 2 heterocycles. The van der Waals surface area contributed by atoms with Crippen molar-refractivity contribution in [1.29, 1.82) is 0 Å². The molecule has 0 saturated carbocycles. The van der Waals surface area contributed by atoms with E-state index in [1.807, 2.05) is 42.5 Å². The molecule has 0 bridgehead atoms. The number of fused-ring (bicyclic) bond motifs is 2. The normalized spacial score (nSPS) is 18.2. The summed E-state index contributed by atoms with van der Waals surface area (Å²) in [6, 6.07) is 13.6. The molecule has 1 N–H and O–H groups in total. The topological polar surface area (TPSA) is 56.8 Å². The molecule has 0 spiro atoms. The Balaban J connectivity index is 1.41. The van der Waals surface area contributed by atoms with Crippen molar-refractivity contribution < 1.29 is 19.0 Å². The average Bonchev–Trinajstić information content (AvgIpc) is 2.65. The van der Waals surface area contributed by atoms with Crippen molar-refractivity contribution >= 4 is 5.91 Å². The van der Waals surface area contributed by atoms with Crippen LogP contribution in [0.1, 0.15) is 11.1 Å². The molecule has 2 aliphatic heterocycles. The van der Waals surface area contributed by atoms with Gasteiger partial charge in [-0.05, 0) is 24.1 Å². The summed E-state index contributed by atoms with van der Waals surface area (Å²) in [7, 11) is 0. The molecule has 0 saturated heterocycles. The Morgan fingerprint density at radius 2 is 1.83 bits per heavy atom. The molecular weight excluding hydrogens is 306 g/mol. The number of amides is 1. The maximum atomic E-state index is 12.5. The third-order valence-electron chi connectivity index (χ3n) is 4.35. The van der Waals surface area contributed by atoms with Crippen molar-refractivity contribution in [2.45, 2.75) is 13.0 Å². The predicted molar refractivity (Wildman–Crippen MR) is 88.4 cm³/mol. The molecule has 24 heavy (non-hydrogen) atoms. The fourth-order valence-electron chi connectivity index (χ4n) is 3.10. The van der Waals surface area contributed by atoms with Gasteiger partial charge in [-0.3, -0.25) is 4.79 Å². The lowest BCUT2D eigenvalue weighted by molar-refractivity contribution is -0.126. The highest BCUT2D eigenvalue weighted by Gasteiger charge is 2.26. The van der Waals surface area contributed by atoms with Gasteiger partial charge in [-0.25, -0.2) is 0 Å². The monoisotopic (exact) mass is 325 g/mol. The van der Waals surface area contributed by atoms with E-state index in [1.54, 1.807) is 0 Å². The molecule has 0 aliphatic carbocycles. The van der Waals surface area contributed by atoms with Crippen molar-refractivity contribution in [2.75, 3.05) is 19.8 Å². The molecule has 2 aromatic carbocycles. The van der Waals surface area contributed by atoms with Crippen LogP contribution in [-0.2, 0) is 17.8 Å². The summed E-state index contributed by atoms with van der Waals surface area (Å²) in [5.74, 6) is 2.18. The van der Waals surface area contributed by atoms with Crippen LogP contribution in [0.15, 0.2) is 42.5 Å². The molecule has 1 amide bonds. The van der Waals surface area contributed by atoms with E-state index >= 15 is 0 Å². The first kappa shape index (κ1) is 14.9. The second kappa shape index (κ2) is 6.43. The van der Waals surface area contributed by atoms with E-state index in [1.165, 1.54) is 0 Å². The molecule has 0 fully saturated rings. The summed E-state index contributed by atoms with van der Waals surface area (Å²) in [4.78, 5) is 12.5. The lowest BCUT2D eigenvalue weighted by atomic mass is 9.96. The van der Waals surface area contributed by atoms with Gasteiger partial charge < -0.3 is 19.5 Å². The van der Waals surface area contributed by atoms with Gasteiger partial charge in [0.15, 0.2) is 11.5 Å². The van der Waals surface area contributed by atoms with Crippen LogP contribution in [0.25, 0.3) is 0 Å². The Labute approximate surface area is 140 Å². The van der Waals surface area contributed by atoms with Crippen LogP contribution in [0, 0.1) is 5.92 Å². The minimum Gasteiger partial charge on any atom is -0.492 e. The smallest absolute Gasteiger partial charge is 0.227 e. The summed E-state index contributed by atoms with van der Waals surface area (Å²) >= 11 is 0. The fraction of sp³-hybridized carbons (Fsp3) is 0.316. The fourth-order valence-corrected chi connectivity index (χ4v) is 3.10. The van der Waals surface area contributed by atoms with Crippen LogP contribution in [0.3, 0.4) is 0 Å². The number of carbonyl (C=O) groups excluding carboxylic acids is 1. The number of hydrogen-bond acceptors (Lipinski definition) is 4. The Morgan fingerprint density at radius 3 is 2.79 bits per heavy atom. The molecule has 0 aromatic heterocycles. The average molecular weight is 325 g/mol. The van der Waals surface area contributed by atoms with Gasteiger partial charge in [-0.15, -0.1) is 0 Å². The molecule has 5 nitrogen and oxygen atoms in total. The quantitative estimate of drug-likeness (QED) is 0.941. The van der Waals surface area contributed by atoms with Crippen molar-refractivity contribution in [2.24, 2.45) is 5.92 Å². The maximum Gasteiger partial charge on any atom is 0.227 e. The predicted octanol–water partition coefficient (Wildman–Crippen LogP) is 2.33. The van der Waals surface area contributed by atoms with Gasteiger partial charge >= 0.3 is 0 Å². The second-order valence-corrected chi connectivity index (χ2v) is 5.98. The summed E-state index contributed by atoms with van der Waals surface area (Å²) < 4.78 is 16.9. The van der Waals surface area contributed by atoms with E-state index in [-0.39, 0.29) is 11.8 Å². The van der Waals surface area contributed by atoms with Crippen molar-refractivity contribution in [1.82, 2.24) is 5.32 Å². The van der Waals surface area contributed by atoms with Crippen molar-refractivity contribution in [3.05, 3.63) is 53.6 Å². The second-order valence-electron chi connectivity index (χ2n) is 5.98. The first-order valence-electron chi connectivity index (χ1n) is 8.17. The summed E-state index contributed by atoms with van der Waals surface area (Å²) in [6.07, 6.45) is 0.703. The lowest BCUT2D eigenvalue weighted by Gasteiger charge is -2.25. The molecule has 0 radical (unpaired) electrons. The molecule has 4 rings (SSSR count). The third kappa shape index (κ3) is 2.89. The van der Waals surface area contributed by atoms with Crippen LogP contribution >= 0.6 is 0 Å². The first-order valence-corrected chi connectivity index (χ1v) is 8.17. The van der Waals surface area contributed by atoms with Gasteiger partial charge in [0.1, 0.15) is 25.6 Å². The van der Waals surface area contributed by atoms with Crippen molar-refractivity contribution in [3.63, 3.8) is 0 Å². The number of nitrogens with one attached hydrogen (secondary N) is 1. The molecule has 124 valence electrons.